The SMILES string of the molecule is CC1(C)COCCN1c1nc(Cl)nc(-n2cccn2)n1. The van der Waals surface area contributed by atoms with Crippen LogP contribution in [0.4, 0.5) is 5.95 Å². The van der Waals surface area contributed by atoms with Gasteiger partial charge in [-0.3, -0.25) is 0 Å². The fourth-order valence-corrected chi connectivity index (χ4v) is 2.32. The Hall–Kier alpha value is -1.73. The topological polar surface area (TPSA) is 69.0 Å². The Bertz CT molecular complexity index is 600. The summed E-state index contributed by atoms with van der Waals surface area (Å²) >= 11 is 6.02. The first kappa shape index (κ1) is 13.3. The maximum absolute atomic E-state index is 6.02. The van der Waals surface area contributed by atoms with Crippen LogP contribution in [0.1, 0.15) is 13.8 Å². The summed E-state index contributed by atoms with van der Waals surface area (Å²) in [5.41, 5.74) is -0.190. The van der Waals surface area contributed by atoms with Crippen LogP contribution in [0.25, 0.3) is 5.95 Å². The highest BCUT2D eigenvalue weighted by Gasteiger charge is 2.33. The Labute approximate surface area is 121 Å². The number of anilines is 1. The Morgan fingerprint density at radius 2 is 2.05 bits per heavy atom. The molecule has 1 fully saturated rings. The lowest BCUT2D eigenvalue weighted by Crippen LogP contribution is -2.54. The average molecular weight is 295 g/mol. The second-order valence-corrected chi connectivity index (χ2v) is 5.51. The molecule has 0 spiro atoms. The lowest BCUT2D eigenvalue weighted by molar-refractivity contribution is 0.0633. The van der Waals surface area contributed by atoms with Crippen LogP contribution in [0, 0.1) is 0 Å². The van der Waals surface area contributed by atoms with E-state index < -0.39 is 0 Å². The van der Waals surface area contributed by atoms with Crippen LogP contribution in [0.5, 0.6) is 0 Å². The van der Waals surface area contributed by atoms with Gasteiger partial charge in [-0.15, -0.1) is 0 Å². The molecule has 0 bridgehead atoms. The third-order valence-corrected chi connectivity index (χ3v) is 3.35. The normalized spacial score (nSPS) is 18.2. The van der Waals surface area contributed by atoms with E-state index in [1.165, 1.54) is 0 Å². The van der Waals surface area contributed by atoms with Gasteiger partial charge in [0.25, 0.3) is 5.95 Å². The zero-order valence-electron chi connectivity index (χ0n) is 11.3. The Balaban J connectivity index is 2.01. The number of aromatic nitrogens is 5. The Kier molecular flexibility index (Phi) is 3.31. The first-order chi connectivity index (χ1) is 9.56. The van der Waals surface area contributed by atoms with Gasteiger partial charge in [-0.1, -0.05) is 0 Å². The van der Waals surface area contributed by atoms with Crippen LogP contribution in [-0.4, -0.2) is 50.0 Å². The molecule has 1 aliphatic heterocycles. The van der Waals surface area contributed by atoms with E-state index in [0.29, 0.717) is 31.7 Å². The number of ether oxygens (including phenoxy) is 1. The van der Waals surface area contributed by atoms with Crippen molar-refractivity contribution in [1.29, 1.82) is 0 Å². The third-order valence-electron chi connectivity index (χ3n) is 3.18. The molecule has 1 aliphatic rings. The fraction of sp³-hybridized carbons (Fsp3) is 0.500. The second-order valence-electron chi connectivity index (χ2n) is 5.17. The minimum absolute atomic E-state index is 0.155. The van der Waals surface area contributed by atoms with E-state index in [2.05, 4.69) is 38.8 Å². The quantitative estimate of drug-likeness (QED) is 0.832. The van der Waals surface area contributed by atoms with Gasteiger partial charge in [-0.25, -0.2) is 4.68 Å². The molecular formula is C12H15ClN6O. The molecular weight excluding hydrogens is 280 g/mol. The summed E-state index contributed by atoms with van der Waals surface area (Å²) in [6, 6.07) is 1.80. The number of halogens is 1. The van der Waals surface area contributed by atoms with Crippen LogP contribution >= 0.6 is 11.6 Å². The molecule has 0 saturated carbocycles. The van der Waals surface area contributed by atoms with Gasteiger partial charge in [0.15, 0.2) is 0 Å². The van der Waals surface area contributed by atoms with Crippen LogP contribution in [0.2, 0.25) is 5.28 Å². The zero-order chi connectivity index (χ0) is 14.2. The number of hydrogen-bond donors (Lipinski definition) is 0. The molecule has 1 saturated heterocycles. The lowest BCUT2D eigenvalue weighted by Gasteiger charge is -2.42. The summed E-state index contributed by atoms with van der Waals surface area (Å²) < 4.78 is 7.07. The molecule has 2 aromatic rings. The highest BCUT2D eigenvalue weighted by atomic mass is 35.5. The summed E-state index contributed by atoms with van der Waals surface area (Å²) in [4.78, 5) is 14.9. The minimum atomic E-state index is -0.190. The molecule has 2 aromatic heterocycles. The van der Waals surface area contributed by atoms with E-state index in [9.17, 15) is 0 Å². The molecule has 0 aliphatic carbocycles. The molecule has 3 rings (SSSR count). The summed E-state index contributed by atoms with van der Waals surface area (Å²) in [6.45, 7) is 6.14. The Morgan fingerprint density at radius 1 is 1.25 bits per heavy atom. The average Bonchev–Trinajstić information content (AvgIpc) is 2.91. The Morgan fingerprint density at radius 3 is 2.75 bits per heavy atom. The van der Waals surface area contributed by atoms with Crippen molar-refractivity contribution in [2.24, 2.45) is 0 Å². The summed E-state index contributed by atoms with van der Waals surface area (Å²) in [6.07, 6.45) is 3.43. The highest BCUT2D eigenvalue weighted by molar-refractivity contribution is 6.28. The zero-order valence-corrected chi connectivity index (χ0v) is 12.1. The van der Waals surface area contributed by atoms with Gasteiger partial charge in [0.05, 0.1) is 18.8 Å². The van der Waals surface area contributed by atoms with Gasteiger partial charge < -0.3 is 9.64 Å². The number of morpholine rings is 1. The van der Waals surface area contributed by atoms with Crippen molar-refractivity contribution in [2.45, 2.75) is 19.4 Å². The van der Waals surface area contributed by atoms with Crippen LogP contribution < -0.4 is 4.90 Å². The fourth-order valence-electron chi connectivity index (χ4n) is 2.17. The van der Waals surface area contributed by atoms with Crippen molar-refractivity contribution in [3.8, 4) is 5.95 Å². The van der Waals surface area contributed by atoms with Gasteiger partial charge in [-0.2, -0.15) is 20.1 Å². The van der Waals surface area contributed by atoms with E-state index in [-0.39, 0.29) is 10.8 Å². The molecule has 7 nitrogen and oxygen atoms in total. The van der Waals surface area contributed by atoms with Crippen molar-refractivity contribution in [2.75, 3.05) is 24.7 Å². The predicted molar refractivity (Wildman–Crippen MR) is 74.2 cm³/mol. The van der Waals surface area contributed by atoms with E-state index in [1.54, 1.807) is 23.1 Å². The lowest BCUT2D eigenvalue weighted by atomic mass is 10.0. The third kappa shape index (κ3) is 2.46. The van der Waals surface area contributed by atoms with Crippen LogP contribution in [-0.2, 0) is 4.74 Å². The first-order valence-corrected chi connectivity index (χ1v) is 6.71. The van der Waals surface area contributed by atoms with Crippen molar-refractivity contribution in [3.63, 3.8) is 0 Å². The van der Waals surface area contributed by atoms with E-state index in [1.807, 2.05) is 0 Å². The van der Waals surface area contributed by atoms with E-state index >= 15 is 0 Å². The largest absolute Gasteiger partial charge is 0.377 e. The predicted octanol–water partition coefficient (Wildman–Crippen LogP) is 1.33. The molecule has 106 valence electrons. The second kappa shape index (κ2) is 4.99. The maximum Gasteiger partial charge on any atom is 0.256 e. The smallest absolute Gasteiger partial charge is 0.256 e. The molecule has 20 heavy (non-hydrogen) atoms. The van der Waals surface area contributed by atoms with E-state index in [0.717, 1.165) is 0 Å². The minimum Gasteiger partial charge on any atom is -0.377 e. The number of nitrogens with zero attached hydrogens (tertiary/aromatic N) is 6. The summed E-state index contributed by atoms with van der Waals surface area (Å²) in [7, 11) is 0. The molecule has 0 N–H and O–H groups in total. The summed E-state index contributed by atoms with van der Waals surface area (Å²) in [5, 5.41) is 4.27. The van der Waals surface area contributed by atoms with Gasteiger partial charge in [0.1, 0.15) is 0 Å². The first-order valence-electron chi connectivity index (χ1n) is 6.33. The monoisotopic (exact) mass is 294 g/mol. The van der Waals surface area contributed by atoms with Gasteiger partial charge in [-0.05, 0) is 31.5 Å². The van der Waals surface area contributed by atoms with Gasteiger partial charge in [0.2, 0.25) is 11.2 Å². The molecule has 8 heteroatoms. The molecule has 0 atom stereocenters. The van der Waals surface area contributed by atoms with Crippen molar-refractivity contribution in [3.05, 3.63) is 23.7 Å². The van der Waals surface area contributed by atoms with Gasteiger partial charge in [0, 0.05) is 18.9 Å². The van der Waals surface area contributed by atoms with Crippen LogP contribution in [0.3, 0.4) is 0 Å². The van der Waals surface area contributed by atoms with E-state index in [4.69, 9.17) is 16.3 Å². The number of hydrogen-bond acceptors (Lipinski definition) is 6. The maximum atomic E-state index is 6.02. The molecule has 3 heterocycles. The van der Waals surface area contributed by atoms with Crippen molar-refractivity contribution >= 4 is 17.5 Å². The van der Waals surface area contributed by atoms with Crippen molar-refractivity contribution in [1.82, 2.24) is 24.7 Å². The standard InChI is InChI=1S/C12H15ClN6O/c1-12(2)8-20-7-6-18(12)10-15-9(13)16-11(17-10)19-5-3-4-14-19/h3-5H,6-8H2,1-2H3. The molecule has 0 amide bonds. The molecule has 0 aromatic carbocycles. The molecule has 0 radical (unpaired) electrons. The van der Waals surface area contributed by atoms with Crippen molar-refractivity contribution < 1.29 is 4.74 Å². The number of rotatable bonds is 2. The van der Waals surface area contributed by atoms with Gasteiger partial charge >= 0.3 is 0 Å². The molecule has 0 unspecified atom stereocenters. The highest BCUT2D eigenvalue weighted by Crippen LogP contribution is 2.25. The van der Waals surface area contributed by atoms with Crippen LogP contribution in [0.15, 0.2) is 18.5 Å². The summed E-state index contributed by atoms with van der Waals surface area (Å²) in [5.74, 6) is 0.955.